The van der Waals surface area contributed by atoms with Crippen LogP contribution in [0.3, 0.4) is 0 Å². The molecule has 1 unspecified atom stereocenters. The highest BCUT2D eigenvalue weighted by Gasteiger charge is 2.44. The highest BCUT2D eigenvalue weighted by Crippen LogP contribution is 2.33. The van der Waals surface area contributed by atoms with Crippen LogP contribution in [0.5, 0.6) is 0 Å². The minimum absolute atomic E-state index is 0.182. The van der Waals surface area contributed by atoms with E-state index in [4.69, 9.17) is 4.74 Å². The maximum atomic E-state index is 12.2. The van der Waals surface area contributed by atoms with E-state index in [1.54, 1.807) is 20.8 Å². The summed E-state index contributed by atoms with van der Waals surface area (Å²) in [5.74, 6) is 0. The molecule has 1 rings (SSSR count). The van der Waals surface area contributed by atoms with E-state index in [9.17, 15) is 18.4 Å². The quantitative estimate of drug-likeness (QED) is 0.743. The molecule has 1 aliphatic heterocycles. The third-order valence-corrected chi connectivity index (χ3v) is 2.97. The van der Waals surface area contributed by atoms with E-state index in [1.165, 1.54) is 4.90 Å². The Morgan fingerprint density at radius 2 is 2.05 bits per heavy atom. The summed E-state index contributed by atoms with van der Waals surface area (Å²) in [5, 5.41) is 0. The summed E-state index contributed by atoms with van der Waals surface area (Å²) in [4.78, 5) is 24.6. The molecule has 0 saturated carbocycles. The van der Waals surface area contributed by atoms with E-state index in [1.807, 2.05) is 0 Å². The van der Waals surface area contributed by atoms with Crippen molar-refractivity contribution in [1.29, 1.82) is 0 Å². The molecule has 0 aliphatic carbocycles. The van der Waals surface area contributed by atoms with Gasteiger partial charge < -0.3 is 9.53 Å². The minimum Gasteiger partial charge on any atom is -0.444 e. The van der Waals surface area contributed by atoms with Gasteiger partial charge in [-0.2, -0.15) is 8.78 Å². The number of likely N-dealkylation sites (tertiary alicyclic amines) is 1. The second kappa shape index (κ2) is 5.67. The minimum atomic E-state index is -1.85. The number of halogens is 2. The predicted octanol–water partition coefficient (Wildman–Crippen LogP) is 3.13. The molecule has 0 aromatic carbocycles. The molecular formula is C13H19F2NO3. The first-order chi connectivity index (χ1) is 8.70. The summed E-state index contributed by atoms with van der Waals surface area (Å²) in [6.07, 6.45) is -0.445. The number of hydrogen-bond acceptors (Lipinski definition) is 3. The molecule has 0 N–H and O–H groups in total. The second-order valence-electron chi connectivity index (χ2n) is 5.65. The van der Waals surface area contributed by atoms with Crippen LogP contribution in [-0.4, -0.2) is 35.0 Å². The summed E-state index contributed by atoms with van der Waals surface area (Å²) in [7, 11) is 0. The van der Waals surface area contributed by atoms with Crippen molar-refractivity contribution < 1.29 is 23.1 Å². The first kappa shape index (κ1) is 15.6. The van der Waals surface area contributed by atoms with Crippen LogP contribution in [0.15, 0.2) is 12.2 Å². The van der Waals surface area contributed by atoms with E-state index >= 15 is 0 Å². The van der Waals surface area contributed by atoms with Gasteiger partial charge in [-0.15, -0.1) is 0 Å². The first-order valence-corrected chi connectivity index (χ1v) is 6.18. The zero-order valence-corrected chi connectivity index (χ0v) is 11.4. The third kappa shape index (κ3) is 4.01. The number of ether oxygens (including phenoxy) is 1. The van der Waals surface area contributed by atoms with Crippen molar-refractivity contribution in [2.24, 2.45) is 0 Å². The average molecular weight is 275 g/mol. The molecule has 1 heterocycles. The third-order valence-electron chi connectivity index (χ3n) is 2.97. The van der Waals surface area contributed by atoms with Crippen LogP contribution in [0.25, 0.3) is 0 Å². The molecule has 1 fully saturated rings. The van der Waals surface area contributed by atoms with Gasteiger partial charge in [0.15, 0.2) is 0 Å². The van der Waals surface area contributed by atoms with Crippen molar-refractivity contribution in [3.8, 4) is 0 Å². The topological polar surface area (TPSA) is 46.6 Å². The van der Waals surface area contributed by atoms with E-state index in [0.717, 1.165) is 0 Å². The van der Waals surface area contributed by atoms with Gasteiger partial charge in [0.25, 0.3) is 6.08 Å². The van der Waals surface area contributed by atoms with Crippen molar-refractivity contribution in [2.75, 3.05) is 6.54 Å². The van der Waals surface area contributed by atoms with Gasteiger partial charge in [-0.3, -0.25) is 4.90 Å². The number of hydrogen-bond donors (Lipinski definition) is 0. The lowest BCUT2D eigenvalue weighted by Crippen LogP contribution is -2.50. The Morgan fingerprint density at radius 1 is 1.42 bits per heavy atom. The molecule has 0 aromatic heterocycles. The number of amides is 1. The summed E-state index contributed by atoms with van der Waals surface area (Å²) < 4.78 is 29.6. The molecule has 0 aromatic rings. The Bertz CT molecular complexity index is 386. The maximum Gasteiger partial charge on any atom is 0.411 e. The molecule has 1 saturated heterocycles. The van der Waals surface area contributed by atoms with Gasteiger partial charge in [-0.1, -0.05) is 0 Å². The van der Waals surface area contributed by atoms with E-state index in [2.05, 4.69) is 0 Å². The van der Waals surface area contributed by atoms with Gasteiger partial charge in [0.2, 0.25) is 0 Å². The van der Waals surface area contributed by atoms with Crippen molar-refractivity contribution in [3.63, 3.8) is 0 Å². The first-order valence-electron chi connectivity index (χ1n) is 6.18. The molecule has 0 bridgehead atoms. The lowest BCUT2D eigenvalue weighted by molar-refractivity contribution is -0.117. The smallest absolute Gasteiger partial charge is 0.411 e. The van der Waals surface area contributed by atoms with E-state index in [-0.39, 0.29) is 6.42 Å². The fourth-order valence-corrected chi connectivity index (χ4v) is 2.13. The standard InChI is InChI=1S/C13H19F2NO3/c1-12(2,3)19-11(18)16-8-4-6-13(16,9-17)7-5-10(14)15/h5,9H,4,6-8H2,1-3H3. The van der Waals surface area contributed by atoms with Gasteiger partial charge in [0.05, 0.1) is 0 Å². The van der Waals surface area contributed by atoms with Gasteiger partial charge >= 0.3 is 6.09 Å². The SMILES string of the molecule is CC(C)(C)OC(=O)N1CCCC1(C=O)CC=C(F)F. The Morgan fingerprint density at radius 3 is 2.53 bits per heavy atom. The number of carbonyl (C=O) groups is 2. The molecule has 6 heteroatoms. The molecule has 19 heavy (non-hydrogen) atoms. The van der Waals surface area contributed by atoms with Crippen LogP contribution >= 0.6 is 0 Å². The maximum absolute atomic E-state index is 12.2. The Hall–Kier alpha value is -1.46. The van der Waals surface area contributed by atoms with Crippen LogP contribution in [0.4, 0.5) is 13.6 Å². The normalized spacial score (nSPS) is 23.1. The van der Waals surface area contributed by atoms with Crippen LogP contribution in [0, 0.1) is 0 Å². The fourth-order valence-electron chi connectivity index (χ4n) is 2.13. The number of aldehydes is 1. The van der Waals surface area contributed by atoms with Crippen LogP contribution in [0.2, 0.25) is 0 Å². The van der Waals surface area contributed by atoms with Gasteiger partial charge in [-0.05, 0) is 39.7 Å². The number of carbonyl (C=O) groups excluding carboxylic acids is 2. The van der Waals surface area contributed by atoms with Crippen molar-refractivity contribution in [2.45, 2.75) is 51.2 Å². The molecule has 108 valence electrons. The molecule has 1 amide bonds. The van der Waals surface area contributed by atoms with Crippen molar-refractivity contribution in [3.05, 3.63) is 12.2 Å². The lowest BCUT2D eigenvalue weighted by atomic mass is 9.94. The average Bonchev–Trinajstić information content (AvgIpc) is 2.68. The lowest BCUT2D eigenvalue weighted by Gasteiger charge is -2.34. The van der Waals surface area contributed by atoms with Crippen LogP contribution < -0.4 is 0 Å². The zero-order chi connectivity index (χ0) is 14.7. The molecule has 4 nitrogen and oxygen atoms in total. The monoisotopic (exact) mass is 275 g/mol. The zero-order valence-electron chi connectivity index (χ0n) is 11.4. The predicted molar refractivity (Wildman–Crippen MR) is 65.9 cm³/mol. The Kier molecular flexibility index (Phi) is 4.66. The van der Waals surface area contributed by atoms with Crippen LogP contribution in [0.1, 0.15) is 40.0 Å². The highest BCUT2D eigenvalue weighted by atomic mass is 19.3. The van der Waals surface area contributed by atoms with E-state index < -0.39 is 23.3 Å². The fraction of sp³-hybridized carbons (Fsp3) is 0.692. The molecule has 0 radical (unpaired) electrons. The molecule has 1 aliphatic rings. The van der Waals surface area contributed by atoms with Crippen molar-refractivity contribution in [1.82, 2.24) is 4.90 Å². The van der Waals surface area contributed by atoms with Crippen molar-refractivity contribution >= 4 is 12.4 Å². The summed E-state index contributed by atoms with van der Waals surface area (Å²) >= 11 is 0. The molecule has 0 spiro atoms. The number of nitrogens with zero attached hydrogens (tertiary/aromatic N) is 1. The summed E-state index contributed by atoms with van der Waals surface area (Å²) in [5.41, 5.74) is -1.89. The van der Waals surface area contributed by atoms with Crippen LogP contribution in [-0.2, 0) is 9.53 Å². The van der Waals surface area contributed by atoms with Gasteiger partial charge in [0.1, 0.15) is 17.4 Å². The summed E-state index contributed by atoms with van der Waals surface area (Å²) in [6, 6.07) is 0. The van der Waals surface area contributed by atoms with E-state index in [0.29, 0.717) is 31.7 Å². The molecule has 1 atom stereocenters. The van der Waals surface area contributed by atoms with Gasteiger partial charge in [0, 0.05) is 13.0 Å². The second-order valence-corrected chi connectivity index (χ2v) is 5.65. The summed E-state index contributed by atoms with van der Waals surface area (Å²) in [6.45, 7) is 5.48. The highest BCUT2D eigenvalue weighted by molar-refractivity contribution is 5.78. The van der Waals surface area contributed by atoms with Gasteiger partial charge in [-0.25, -0.2) is 4.79 Å². The number of rotatable bonds is 3. The largest absolute Gasteiger partial charge is 0.444 e. The Balaban J connectivity index is 2.89. The Labute approximate surface area is 111 Å². The molecular weight excluding hydrogens is 256 g/mol.